The topological polar surface area (TPSA) is 97.1 Å². The summed E-state index contributed by atoms with van der Waals surface area (Å²) in [5.74, 6) is 0.754. The van der Waals surface area contributed by atoms with Crippen LogP contribution in [0.1, 0.15) is 12.7 Å². The van der Waals surface area contributed by atoms with Crippen LogP contribution in [-0.4, -0.2) is 38.9 Å². The Balaban J connectivity index is 2.85. The molecule has 0 radical (unpaired) electrons. The Kier molecular flexibility index (Phi) is 4.59. The highest BCUT2D eigenvalue weighted by Crippen LogP contribution is 2.12. The highest BCUT2D eigenvalue weighted by molar-refractivity contribution is 5.71. The van der Waals surface area contributed by atoms with Gasteiger partial charge in [0.25, 0.3) is 5.56 Å². The van der Waals surface area contributed by atoms with Gasteiger partial charge in [-0.15, -0.1) is 0 Å². The molecule has 0 unspecified atom stereocenters. The van der Waals surface area contributed by atoms with Gasteiger partial charge in [0.05, 0.1) is 13.2 Å². The number of nitrogens with zero attached hydrogens (tertiary/aromatic N) is 4. The maximum atomic E-state index is 12.4. The molecule has 0 spiro atoms. The summed E-state index contributed by atoms with van der Waals surface area (Å²) in [6.07, 6.45) is 0.663. The van der Waals surface area contributed by atoms with Crippen molar-refractivity contribution in [1.29, 1.82) is 0 Å². The molecule has 0 amide bonds. The Morgan fingerprint density at radius 2 is 1.95 bits per heavy atom. The largest absolute Gasteiger partial charge is 0.383 e. The van der Waals surface area contributed by atoms with E-state index < -0.39 is 0 Å². The van der Waals surface area contributed by atoms with E-state index in [0.717, 1.165) is 10.4 Å². The van der Waals surface area contributed by atoms with Crippen molar-refractivity contribution >= 4 is 11.2 Å². The molecule has 0 saturated carbocycles. The van der Waals surface area contributed by atoms with Gasteiger partial charge < -0.3 is 15.0 Å². The molecular formula is C13H21N5O3. The summed E-state index contributed by atoms with van der Waals surface area (Å²) in [4.78, 5) is 29.2. The maximum Gasteiger partial charge on any atom is 0.332 e. The lowest BCUT2D eigenvalue weighted by Crippen LogP contribution is -2.39. The van der Waals surface area contributed by atoms with E-state index in [-0.39, 0.29) is 11.2 Å². The zero-order valence-electron chi connectivity index (χ0n) is 12.6. The molecule has 2 heterocycles. The first-order valence-corrected chi connectivity index (χ1v) is 6.94. The lowest BCUT2D eigenvalue weighted by Gasteiger charge is -2.09. The first kappa shape index (κ1) is 15.5. The second kappa shape index (κ2) is 6.23. The molecule has 0 aromatic carbocycles. The van der Waals surface area contributed by atoms with Crippen LogP contribution in [0.4, 0.5) is 0 Å². The Hall–Kier alpha value is -1.93. The smallest absolute Gasteiger partial charge is 0.332 e. The monoisotopic (exact) mass is 295 g/mol. The Labute approximate surface area is 121 Å². The summed E-state index contributed by atoms with van der Waals surface area (Å²) < 4.78 is 9.42. The molecule has 2 aromatic heterocycles. The first-order chi connectivity index (χ1) is 10.1. The molecule has 8 nitrogen and oxygen atoms in total. The van der Waals surface area contributed by atoms with Gasteiger partial charge >= 0.3 is 5.69 Å². The number of methoxy groups -OCH3 is 1. The molecule has 0 saturated heterocycles. The average molecular weight is 295 g/mol. The van der Waals surface area contributed by atoms with Crippen molar-refractivity contribution in [2.75, 3.05) is 20.3 Å². The molecule has 0 aliphatic heterocycles. The van der Waals surface area contributed by atoms with Gasteiger partial charge in [-0.1, -0.05) is 6.92 Å². The molecule has 116 valence electrons. The molecule has 0 aliphatic rings. The molecule has 0 atom stereocenters. The van der Waals surface area contributed by atoms with Gasteiger partial charge in [0.1, 0.15) is 5.82 Å². The zero-order valence-corrected chi connectivity index (χ0v) is 12.6. The minimum Gasteiger partial charge on any atom is -0.383 e. The highest BCUT2D eigenvalue weighted by atomic mass is 16.5. The van der Waals surface area contributed by atoms with Crippen molar-refractivity contribution in [2.24, 2.45) is 12.8 Å². The van der Waals surface area contributed by atoms with Crippen molar-refractivity contribution in [3.05, 3.63) is 26.7 Å². The van der Waals surface area contributed by atoms with Crippen LogP contribution in [0.25, 0.3) is 11.2 Å². The van der Waals surface area contributed by atoms with E-state index in [1.165, 1.54) is 11.6 Å². The number of aromatic nitrogens is 4. The van der Waals surface area contributed by atoms with E-state index in [1.807, 2.05) is 6.92 Å². The zero-order chi connectivity index (χ0) is 15.6. The van der Waals surface area contributed by atoms with Crippen LogP contribution >= 0.6 is 0 Å². The summed E-state index contributed by atoms with van der Waals surface area (Å²) >= 11 is 0. The molecular weight excluding hydrogens is 274 g/mol. The van der Waals surface area contributed by atoms with Gasteiger partial charge in [0.2, 0.25) is 0 Å². The van der Waals surface area contributed by atoms with E-state index in [9.17, 15) is 9.59 Å². The Morgan fingerprint density at radius 1 is 1.24 bits per heavy atom. The normalized spacial score (nSPS) is 11.4. The van der Waals surface area contributed by atoms with Crippen LogP contribution < -0.4 is 17.0 Å². The number of hydrogen-bond donors (Lipinski definition) is 1. The maximum absolute atomic E-state index is 12.4. The highest BCUT2D eigenvalue weighted by Gasteiger charge is 2.19. The minimum atomic E-state index is -0.385. The van der Waals surface area contributed by atoms with Crippen molar-refractivity contribution in [3.63, 3.8) is 0 Å². The van der Waals surface area contributed by atoms with Crippen LogP contribution in [-0.2, 0) is 31.3 Å². The Bertz CT molecular complexity index is 756. The number of fused-ring (bicyclic) bond motifs is 1. The van der Waals surface area contributed by atoms with E-state index in [0.29, 0.717) is 43.8 Å². The summed E-state index contributed by atoms with van der Waals surface area (Å²) in [6, 6.07) is 0. The van der Waals surface area contributed by atoms with Gasteiger partial charge in [-0.3, -0.25) is 13.9 Å². The molecule has 21 heavy (non-hydrogen) atoms. The fourth-order valence-electron chi connectivity index (χ4n) is 2.43. The lowest BCUT2D eigenvalue weighted by atomic mass is 10.4. The standard InChI is InChI=1S/C13H21N5O3/c1-4-9-15-11-10(17(9)6-5-14)12(19)16(2)13(20)18(11)7-8-21-3/h4-8,14H2,1-3H3. The van der Waals surface area contributed by atoms with Gasteiger partial charge in [0, 0.05) is 33.7 Å². The number of nitrogens with two attached hydrogens (primary N) is 1. The van der Waals surface area contributed by atoms with Crippen LogP contribution in [0.3, 0.4) is 0 Å². The van der Waals surface area contributed by atoms with Gasteiger partial charge in [-0.05, 0) is 0 Å². The van der Waals surface area contributed by atoms with Gasteiger partial charge in [-0.2, -0.15) is 0 Å². The fraction of sp³-hybridized carbons (Fsp3) is 0.615. The van der Waals surface area contributed by atoms with Crippen LogP contribution in [0.15, 0.2) is 9.59 Å². The third kappa shape index (κ3) is 2.52. The molecule has 2 N–H and O–H groups in total. The third-order valence-electron chi connectivity index (χ3n) is 3.50. The molecule has 0 fully saturated rings. The molecule has 0 aliphatic carbocycles. The molecule has 2 aromatic rings. The Morgan fingerprint density at radius 3 is 2.52 bits per heavy atom. The van der Waals surface area contributed by atoms with Crippen molar-refractivity contribution in [3.8, 4) is 0 Å². The molecule has 2 rings (SSSR count). The fourth-order valence-corrected chi connectivity index (χ4v) is 2.43. The van der Waals surface area contributed by atoms with Crippen molar-refractivity contribution < 1.29 is 4.74 Å². The summed E-state index contributed by atoms with van der Waals surface area (Å²) in [6.45, 7) is 3.58. The second-order valence-electron chi connectivity index (χ2n) is 4.79. The average Bonchev–Trinajstić information content (AvgIpc) is 2.84. The summed E-state index contributed by atoms with van der Waals surface area (Å²) in [7, 11) is 3.04. The predicted molar refractivity (Wildman–Crippen MR) is 79.5 cm³/mol. The van der Waals surface area contributed by atoms with E-state index in [4.69, 9.17) is 10.5 Å². The first-order valence-electron chi connectivity index (χ1n) is 6.94. The minimum absolute atomic E-state index is 0.343. The van der Waals surface area contributed by atoms with E-state index in [2.05, 4.69) is 4.98 Å². The number of hydrogen-bond acceptors (Lipinski definition) is 5. The number of aryl methyl sites for hydroxylation is 1. The van der Waals surface area contributed by atoms with Crippen molar-refractivity contribution in [1.82, 2.24) is 18.7 Å². The number of imidazole rings is 1. The van der Waals surface area contributed by atoms with Crippen LogP contribution in [0.2, 0.25) is 0 Å². The second-order valence-corrected chi connectivity index (χ2v) is 4.79. The quantitative estimate of drug-likeness (QED) is 0.742. The summed E-state index contributed by atoms with van der Waals surface area (Å²) in [5, 5.41) is 0. The van der Waals surface area contributed by atoms with Crippen molar-refractivity contribution in [2.45, 2.75) is 26.4 Å². The van der Waals surface area contributed by atoms with Crippen LogP contribution in [0.5, 0.6) is 0 Å². The van der Waals surface area contributed by atoms with Gasteiger partial charge in [0.15, 0.2) is 11.2 Å². The molecule has 8 heteroatoms. The van der Waals surface area contributed by atoms with E-state index in [1.54, 1.807) is 11.7 Å². The molecule has 0 bridgehead atoms. The predicted octanol–water partition coefficient (Wildman–Crippen LogP) is -0.936. The third-order valence-corrected chi connectivity index (χ3v) is 3.50. The van der Waals surface area contributed by atoms with Gasteiger partial charge in [-0.25, -0.2) is 9.78 Å². The summed E-state index contributed by atoms with van der Waals surface area (Å²) in [5.41, 5.74) is 5.73. The number of ether oxygens (including phenoxy) is 1. The lowest BCUT2D eigenvalue weighted by molar-refractivity contribution is 0.186. The SMILES string of the molecule is CCc1nc2c(c(=O)n(C)c(=O)n2CCOC)n1CCN. The van der Waals surface area contributed by atoms with E-state index >= 15 is 0 Å². The number of rotatable bonds is 6. The van der Waals surface area contributed by atoms with Crippen LogP contribution in [0, 0.1) is 0 Å².